The van der Waals surface area contributed by atoms with Gasteiger partial charge in [0, 0.05) is 6.42 Å². The van der Waals surface area contributed by atoms with Crippen LogP contribution in [0.25, 0.3) is 10.8 Å². The first-order chi connectivity index (χ1) is 22.2. The zero-order valence-corrected chi connectivity index (χ0v) is 24.6. The van der Waals surface area contributed by atoms with Crippen molar-refractivity contribution in [3.8, 4) is 17.2 Å². The number of ether oxygens (including phenoxy) is 2. The van der Waals surface area contributed by atoms with E-state index in [1.807, 2.05) is 36.4 Å². The Morgan fingerprint density at radius 1 is 0.587 bits per heavy atom. The Kier molecular flexibility index (Phi) is 9.89. The van der Waals surface area contributed by atoms with Gasteiger partial charge in [-0.15, -0.1) is 0 Å². The Morgan fingerprint density at radius 3 is 1.72 bits per heavy atom. The summed E-state index contributed by atoms with van der Waals surface area (Å²) in [6.07, 6.45) is 0.703. The minimum atomic E-state index is -1.11. The van der Waals surface area contributed by atoms with E-state index < -0.39 is 11.9 Å². The molecule has 10 heteroatoms. The smallest absolute Gasteiger partial charge is 0.337 e. The summed E-state index contributed by atoms with van der Waals surface area (Å²) in [6, 6.07) is 30.9. The van der Waals surface area contributed by atoms with Gasteiger partial charge in [0.2, 0.25) is 11.8 Å². The van der Waals surface area contributed by atoms with Gasteiger partial charge in [-0.05, 0) is 83.4 Å². The van der Waals surface area contributed by atoms with Crippen LogP contribution >= 0.6 is 0 Å². The number of benzene rings is 5. The molecule has 0 aliphatic rings. The van der Waals surface area contributed by atoms with Crippen LogP contribution in [0.4, 0.5) is 11.4 Å². The molecule has 0 atom stereocenters. The van der Waals surface area contributed by atoms with E-state index in [4.69, 9.17) is 9.47 Å². The number of carbonyl (C=O) groups excluding carboxylic acids is 2. The molecule has 0 heterocycles. The van der Waals surface area contributed by atoms with Crippen molar-refractivity contribution in [2.45, 2.75) is 19.3 Å². The third-order valence-electron chi connectivity index (χ3n) is 6.99. The Labute approximate surface area is 264 Å². The number of amides is 2. The Hall–Kier alpha value is -6.16. The van der Waals surface area contributed by atoms with Gasteiger partial charge in [-0.25, -0.2) is 9.59 Å². The average Bonchev–Trinajstić information content (AvgIpc) is 3.04. The predicted molar refractivity (Wildman–Crippen MR) is 173 cm³/mol. The lowest BCUT2D eigenvalue weighted by Crippen LogP contribution is -2.16. The van der Waals surface area contributed by atoms with Crippen molar-refractivity contribution in [3.05, 3.63) is 126 Å². The Morgan fingerprint density at radius 2 is 1.11 bits per heavy atom. The molecule has 232 valence electrons. The van der Waals surface area contributed by atoms with Crippen LogP contribution in [0.15, 0.2) is 109 Å². The lowest BCUT2D eigenvalue weighted by Gasteiger charge is -2.11. The standard InChI is InChI=1S/C36H30N2O8/c39-33(37-31-8-3-1-6-29(31)35(41)42)10-5-19-45-27-17-13-25-22-28(18-14-24(25)21-27)46-26-15-11-23(12-16-26)20-34(40)38-32-9-4-2-7-30(32)36(43)44/h1-4,6-9,11-18,21-22H,5,10,19-20H2,(H,37,39)(H,38,40)(H,41,42)(H,43,44). The first-order valence-corrected chi connectivity index (χ1v) is 14.4. The van der Waals surface area contributed by atoms with Gasteiger partial charge in [0.1, 0.15) is 17.2 Å². The van der Waals surface area contributed by atoms with Gasteiger partial charge in [0.25, 0.3) is 0 Å². The summed E-state index contributed by atoms with van der Waals surface area (Å²) in [4.78, 5) is 47.5. The normalized spacial score (nSPS) is 10.6. The molecule has 5 rings (SSSR count). The summed E-state index contributed by atoms with van der Waals surface area (Å²) in [5, 5.41) is 25.7. The molecule has 0 aliphatic carbocycles. The number of rotatable bonds is 13. The van der Waals surface area contributed by atoms with E-state index in [1.54, 1.807) is 60.7 Å². The molecule has 0 bridgehead atoms. The summed E-state index contributed by atoms with van der Waals surface area (Å²) >= 11 is 0. The molecule has 0 fully saturated rings. The summed E-state index contributed by atoms with van der Waals surface area (Å²) < 4.78 is 11.8. The van der Waals surface area contributed by atoms with E-state index in [0.717, 1.165) is 16.3 Å². The zero-order valence-electron chi connectivity index (χ0n) is 24.6. The van der Waals surface area contributed by atoms with Gasteiger partial charge >= 0.3 is 11.9 Å². The monoisotopic (exact) mass is 618 g/mol. The molecule has 0 radical (unpaired) electrons. The van der Waals surface area contributed by atoms with Crippen LogP contribution in [-0.4, -0.2) is 40.6 Å². The fourth-order valence-electron chi connectivity index (χ4n) is 4.74. The lowest BCUT2D eigenvalue weighted by molar-refractivity contribution is -0.116. The summed E-state index contributed by atoms with van der Waals surface area (Å²) in [5.41, 5.74) is 1.32. The molecular formula is C36H30N2O8. The molecule has 0 unspecified atom stereocenters. The number of nitrogens with one attached hydrogen (secondary N) is 2. The van der Waals surface area contributed by atoms with E-state index in [9.17, 15) is 29.4 Å². The summed E-state index contributed by atoms with van der Waals surface area (Å²) in [5.74, 6) is -0.955. The van der Waals surface area contributed by atoms with Gasteiger partial charge in [-0.3, -0.25) is 9.59 Å². The quantitative estimate of drug-likeness (QED) is 0.103. The molecule has 5 aromatic rings. The molecule has 5 aromatic carbocycles. The number of aromatic carboxylic acids is 2. The molecule has 4 N–H and O–H groups in total. The first kappa shape index (κ1) is 31.3. The highest BCUT2D eigenvalue weighted by atomic mass is 16.5. The van der Waals surface area contributed by atoms with Crippen molar-refractivity contribution < 1.29 is 38.9 Å². The second-order valence-corrected chi connectivity index (χ2v) is 10.3. The van der Waals surface area contributed by atoms with Gasteiger partial charge in [-0.2, -0.15) is 0 Å². The van der Waals surface area contributed by atoms with E-state index >= 15 is 0 Å². The van der Waals surface area contributed by atoms with Gasteiger partial charge in [-0.1, -0.05) is 48.5 Å². The molecule has 0 spiro atoms. The zero-order chi connectivity index (χ0) is 32.5. The number of para-hydroxylation sites is 2. The van der Waals surface area contributed by atoms with E-state index in [0.29, 0.717) is 30.3 Å². The number of carboxylic acids is 2. The number of carboxylic acid groups (broad SMARTS) is 2. The molecule has 0 saturated carbocycles. The summed E-state index contributed by atoms with van der Waals surface area (Å²) in [7, 11) is 0. The third kappa shape index (κ3) is 8.26. The maximum absolute atomic E-state index is 12.5. The van der Waals surface area contributed by atoms with Crippen LogP contribution in [-0.2, 0) is 16.0 Å². The second-order valence-electron chi connectivity index (χ2n) is 10.3. The number of anilines is 2. The van der Waals surface area contributed by atoms with Gasteiger partial charge in [0.15, 0.2) is 0 Å². The highest BCUT2D eigenvalue weighted by Crippen LogP contribution is 2.28. The van der Waals surface area contributed by atoms with Crippen molar-refractivity contribution in [2.24, 2.45) is 0 Å². The summed E-state index contributed by atoms with van der Waals surface area (Å²) in [6.45, 7) is 0.313. The highest BCUT2D eigenvalue weighted by molar-refractivity contribution is 6.01. The number of hydrogen-bond acceptors (Lipinski definition) is 6. The van der Waals surface area contributed by atoms with Crippen LogP contribution in [0.3, 0.4) is 0 Å². The van der Waals surface area contributed by atoms with Crippen LogP contribution in [0.5, 0.6) is 17.2 Å². The van der Waals surface area contributed by atoms with E-state index in [-0.39, 0.29) is 47.2 Å². The SMILES string of the molecule is O=C(CCCOc1ccc2cc(Oc3ccc(CC(=O)Nc4ccccc4C(=O)O)cc3)ccc2c1)Nc1ccccc1C(=O)O. The highest BCUT2D eigenvalue weighted by Gasteiger charge is 2.13. The Balaban J connectivity index is 1.10. The second kappa shape index (κ2) is 14.5. The van der Waals surface area contributed by atoms with Crippen LogP contribution in [0, 0.1) is 0 Å². The molecule has 0 saturated heterocycles. The van der Waals surface area contributed by atoms with Crippen LogP contribution in [0.2, 0.25) is 0 Å². The molecular weight excluding hydrogens is 588 g/mol. The van der Waals surface area contributed by atoms with Gasteiger partial charge in [0.05, 0.1) is 35.5 Å². The number of fused-ring (bicyclic) bond motifs is 1. The predicted octanol–water partition coefficient (Wildman–Crippen LogP) is 7.01. The van der Waals surface area contributed by atoms with Crippen molar-refractivity contribution in [2.75, 3.05) is 17.2 Å². The Bertz CT molecular complexity index is 1900. The number of hydrogen-bond donors (Lipinski definition) is 4. The van der Waals surface area contributed by atoms with Crippen molar-refractivity contribution in [1.82, 2.24) is 0 Å². The van der Waals surface area contributed by atoms with Crippen molar-refractivity contribution in [3.63, 3.8) is 0 Å². The van der Waals surface area contributed by atoms with Crippen LogP contribution < -0.4 is 20.1 Å². The van der Waals surface area contributed by atoms with Gasteiger partial charge < -0.3 is 30.3 Å². The molecule has 0 aliphatic heterocycles. The molecule has 0 aromatic heterocycles. The van der Waals surface area contributed by atoms with E-state index in [2.05, 4.69) is 10.6 Å². The minimum absolute atomic E-state index is 0.0273. The maximum Gasteiger partial charge on any atom is 0.337 e. The largest absolute Gasteiger partial charge is 0.494 e. The van der Waals surface area contributed by atoms with E-state index in [1.165, 1.54) is 12.1 Å². The van der Waals surface area contributed by atoms with Crippen LogP contribution in [0.1, 0.15) is 39.1 Å². The molecule has 2 amide bonds. The fourth-order valence-corrected chi connectivity index (χ4v) is 4.74. The minimum Gasteiger partial charge on any atom is -0.494 e. The van der Waals surface area contributed by atoms with Crippen molar-refractivity contribution in [1.29, 1.82) is 0 Å². The topological polar surface area (TPSA) is 151 Å². The number of carbonyl (C=O) groups is 4. The fraction of sp³-hybridized carbons (Fsp3) is 0.111. The third-order valence-corrected chi connectivity index (χ3v) is 6.99. The van der Waals surface area contributed by atoms with Crippen molar-refractivity contribution >= 4 is 45.9 Å². The lowest BCUT2D eigenvalue weighted by atomic mass is 10.1. The first-order valence-electron chi connectivity index (χ1n) is 14.4. The molecule has 10 nitrogen and oxygen atoms in total. The molecule has 46 heavy (non-hydrogen) atoms. The average molecular weight is 619 g/mol. The maximum atomic E-state index is 12.5.